The Hall–Kier alpha value is -1.14. The number of aromatic nitrogens is 1. The highest BCUT2D eigenvalue weighted by Gasteiger charge is 2.14. The monoisotopic (exact) mass is 328 g/mol. The average Bonchev–Trinajstić information content (AvgIpc) is 2.94. The van der Waals surface area contributed by atoms with Gasteiger partial charge in [0.05, 0.1) is 25.6 Å². The number of anilines is 1. The van der Waals surface area contributed by atoms with E-state index < -0.39 is 0 Å². The summed E-state index contributed by atoms with van der Waals surface area (Å²) < 4.78 is 1.96. The van der Waals surface area contributed by atoms with Crippen LogP contribution in [0.4, 0.5) is 5.69 Å². The lowest BCUT2D eigenvalue weighted by Gasteiger charge is -2.03. The van der Waals surface area contributed by atoms with Crippen LogP contribution >= 0.6 is 45.9 Å². The van der Waals surface area contributed by atoms with Crippen molar-refractivity contribution >= 4 is 67.7 Å². The van der Waals surface area contributed by atoms with Crippen LogP contribution in [0.3, 0.4) is 0 Å². The maximum atomic E-state index is 12.1. The van der Waals surface area contributed by atoms with Gasteiger partial charge in [-0.15, -0.1) is 22.7 Å². The number of carbonyl (C=O) groups excluding carboxylic acids is 1. The van der Waals surface area contributed by atoms with E-state index in [2.05, 4.69) is 10.3 Å². The fourth-order valence-corrected chi connectivity index (χ4v) is 3.75. The van der Waals surface area contributed by atoms with E-state index in [0.717, 1.165) is 10.2 Å². The van der Waals surface area contributed by atoms with Gasteiger partial charge in [-0.1, -0.05) is 23.2 Å². The highest BCUT2D eigenvalue weighted by molar-refractivity contribution is 7.20. The van der Waals surface area contributed by atoms with Crippen LogP contribution in [-0.2, 0) is 0 Å². The molecule has 3 rings (SSSR count). The van der Waals surface area contributed by atoms with Gasteiger partial charge in [0.1, 0.15) is 4.34 Å². The number of hydrogen-bond donors (Lipinski definition) is 1. The number of thiophene rings is 1. The van der Waals surface area contributed by atoms with E-state index in [9.17, 15) is 4.79 Å². The molecule has 3 aromatic rings. The molecule has 19 heavy (non-hydrogen) atoms. The number of benzene rings is 1. The third kappa shape index (κ3) is 2.60. The van der Waals surface area contributed by atoms with Crippen LogP contribution in [0.5, 0.6) is 0 Å². The first kappa shape index (κ1) is 12.9. The number of halogens is 2. The number of hydrogen-bond acceptors (Lipinski definition) is 4. The van der Waals surface area contributed by atoms with Crippen molar-refractivity contribution < 1.29 is 4.79 Å². The van der Waals surface area contributed by atoms with Gasteiger partial charge in [-0.05, 0) is 24.3 Å². The Morgan fingerprint density at radius 3 is 2.84 bits per heavy atom. The molecular formula is C12H6Cl2N2OS2. The van der Waals surface area contributed by atoms with Gasteiger partial charge in [-0.25, -0.2) is 4.98 Å². The van der Waals surface area contributed by atoms with Gasteiger partial charge in [-0.2, -0.15) is 0 Å². The highest BCUT2D eigenvalue weighted by Crippen LogP contribution is 2.31. The van der Waals surface area contributed by atoms with Gasteiger partial charge >= 0.3 is 0 Å². The van der Waals surface area contributed by atoms with Gasteiger partial charge in [0.25, 0.3) is 5.91 Å². The zero-order valence-corrected chi connectivity index (χ0v) is 12.5. The number of nitrogens with zero attached hydrogens (tertiary/aromatic N) is 1. The summed E-state index contributed by atoms with van der Waals surface area (Å²) in [6, 6.07) is 7.14. The van der Waals surface area contributed by atoms with Gasteiger partial charge < -0.3 is 5.32 Å². The van der Waals surface area contributed by atoms with E-state index in [1.807, 2.05) is 18.2 Å². The fraction of sp³-hybridized carbons (Fsp3) is 0. The molecule has 0 spiro atoms. The van der Waals surface area contributed by atoms with Crippen LogP contribution in [0.2, 0.25) is 8.67 Å². The average molecular weight is 329 g/mol. The highest BCUT2D eigenvalue weighted by atomic mass is 35.5. The van der Waals surface area contributed by atoms with E-state index in [0.29, 0.717) is 19.9 Å². The Morgan fingerprint density at radius 1 is 1.26 bits per heavy atom. The molecule has 2 aromatic heterocycles. The van der Waals surface area contributed by atoms with Crippen LogP contribution < -0.4 is 5.32 Å². The Kier molecular flexibility index (Phi) is 3.45. The van der Waals surface area contributed by atoms with E-state index in [1.54, 1.807) is 22.9 Å². The molecule has 96 valence electrons. The number of carbonyl (C=O) groups is 1. The predicted molar refractivity (Wildman–Crippen MR) is 81.9 cm³/mol. The van der Waals surface area contributed by atoms with Crippen molar-refractivity contribution in [2.45, 2.75) is 0 Å². The SMILES string of the molecule is O=C(Nc1ccc2scnc2c1)c1cc(Cl)sc1Cl. The summed E-state index contributed by atoms with van der Waals surface area (Å²) in [7, 11) is 0. The van der Waals surface area contributed by atoms with E-state index >= 15 is 0 Å². The van der Waals surface area contributed by atoms with Crippen molar-refractivity contribution in [2.75, 3.05) is 5.32 Å². The molecule has 0 bridgehead atoms. The molecule has 7 heteroatoms. The normalized spacial score (nSPS) is 10.8. The lowest BCUT2D eigenvalue weighted by Crippen LogP contribution is -2.11. The Bertz CT molecular complexity index is 766. The second kappa shape index (κ2) is 5.09. The number of thiazole rings is 1. The van der Waals surface area contributed by atoms with Crippen LogP contribution in [0, 0.1) is 0 Å². The van der Waals surface area contributed by atoms with Crippen molar-refractivity contribution in [3.63, 3.8) is 0 Å². The van der Waals surface area contributed by atoms with Crippen LogP contribution in [0.15, 0.2) is 29.8 Å². The van der Waals surface area contributed by atoms with Crippen molar-refractivity contribution in [2.24, 2.45) is 0 Å². The van der Waals surface area contributed by atoms with Crippen LogP contribution in [-0.4, -0.2) is 10.9 Å². The molecule has 0 aliphatic carbocycles. The third-order valence-corrected chi connectivity index (χ3v) is 4.79. The summed E-state index contributed by atoms with van der Waals surface area (Å²) in [6.07, 6.45) is 0. The predicted octanol–water partition coefficient (Wildman–Crippen LogP) is 4.92. The largest absolute Gasteiger partial charge is 0.322 e. The maximum absolute atomic E-state index is 12.1. The van der Waals surface area contributed by atoms with Gasteiger partial charge in [0.15, 0.2) is 0 Å². The summed E-state index contributed by atoms with van der Waals surface area (Å²) in [5.41, 5.74) is 3.69. The number of nitrogens with one attached hydrogen (secondary N) is 1. The zero-order chi connectivity index (χ0) is 13.4. The fourth-order valence-electron chi connectivity index (χ4n) is 1.63. The Labute approximate surface area is 126 Å². The second-order valence-electron chi connectivity index (χ2n) is 3.73. The molecule has 1 N–H and O–H groups in total. The molecule has 0 fully saturated rings. The summed E-state index contributed by atoms with van der Waals surface area (Å²) in [4.78, 5) is 16.3. The van der Waals surface area contributed by atoms with Gasteiger partial charge in [0.2, 0.25) is 0 Å². The minimum atomic E-state index is -0.275. The molecule has 0 saturated heterocycles. The smallest absolute Gasteiger partial charge is 0.258 e. The zero-order valence-electron chi connectivity index (χ0n) is 9.31. The number of amides is 1. The molecule has 1 amide bonds. The molecule has 1 aromatic carbocycles. The summed E-state index contributed by atoms with van der Waals surface area (Å²) in [6.45, 7) is 0. The molecule has 3 nitrogen and oxygen atoms in total. The minimum Gasteiger partial charge on any atom is -0.322 e. The quantitative estimate of drug-likeness (QED) is 0.725. The molecule has 0 aliphatic rings. The Morgan fingerprint density at radius 2 is 2.11 bits per heavy atom. The molecule has 0 radical (unpaired) electrons. The van der Waals surface area contributed by atoms with E-state index in [4.69, 9.17) is 23.2 Å². The number of fused-ring (bicyclic) bond motifs is 1. The molecule has 2 heterocycles. The Balaban J connectivity index is 1.88. The lowest BCUT2D eigenvalue weighted by atomic mass is 10.2. The molecule has 0 atom stereocenters. The van der Waals surface area contributed by atoms with Crippen molar-refractivity contribution in [1.82, 2.24) is 4.98 Å². The van der Waals surface area contributed by atoms with Crippen LogP contribution in [0.25, 0.3) is 10.2 Å². The summed E-state index contributed by atoms with van der Waals surface area (Å²) >= 11 is 14.5. The second-order valence-corrected chi connectivity index (χ2v) is 6.90. The van der Waals surface area contributed by atoms with Crippen molar-refractivity contribution in [1.29, 1.82) is 0 Å². The molecule has 0 unspecified atom stereocenters. The minimum absolute atomic E-state index is 0.275. The lowest BCUT2D eigenvalue weighted by molar-refractivity contribution is 0.102. The van der Waals surface area contributed by atoms with Crippen molar-refractivity contribution in [3.8, 4) is 0 Å². The first-order valence-electron chi connectivity index (χ1n) is 5.23. The van der Waals surface area contributed by atoms with E-state index in [-0.39, 0.29) is 5.91 Å². The number of rotatable bonds is 2. The first-order valence-corrected chi connectivity index (χ1v) is 7.68. The van der Waals surface area contributed by atoms with Crippen molar-refractivity contribution in [3.05, 3.63) is 44.0 Å². The molecule has 0 aliphatic heterocycles. The standard InChI is InChI=1S/C12H6Cl2N2OS2/c13-10-4-7(11(14)19-10)12(17)16-6-1-2-9-8(3-6)15-5-18-9/h1-5H,(H,16,17). The van der Waals surface area contributed by atoms with Gasteiger partial charge in [-0.3, -0.25) is 4.79 Å². The maximum Gasteiger partial charge on any atom is 0.258 e. The van der Waals surface area contributed by atoms with Gasteiger partial charge in [0, 0.05) is 5.69 Å². The molecular weight excluding hydrogens is 323 g/mol. The topological polar surface area (TPSA) is 42.0 Å². The summed E-state index contributed by atoms with van der Waals surface area (Å²) in [5.74, 6) is -0.275. The summed E-state index contributed by atoms with van der Waals surface area (Å²) in [5, 5.41) is 2.78. The molecule has 0 saturated carbocycles. The van der Waals surface area contributed by atoms with Crippen LogP contribution in [0.1, 0.15) is 10.4 Å². The third-order valence-electron chi connectivity index (χ3n) is 2.49. The first-order chi connectivity index (χ1) is 9.13. The van der Waals surface area contributed by atoms with E-state index in [1.165, 1.54) is 11.3 Å².